The van der Waals surface area contributed by atoms with Crippen LogP contribution in [-0.4, -0.2) is 24.8 Å². The maximum atomic E-state index is 5.78. The number of rotatable bonds is 2. The van der Waals surface area contributed by atoms with Crippen molar-refractivity contribution < 1.29 is 4.74 Å². The molecule has 2 nitrogen and oxygen atoms in total. The molecule has 2 aliphatic heterocycles. The van der Waals surface area contributed by atoms with Gasteiger partial charge in [-0.2, -0.15) is 0 Å². The van der Waals surface area contributed by atoms with Crippen LogP contribution in [0.2, 0.25) is 0 Å². The van der Waals surface area contributed by atoms with Gasteiger partial charge in [-0.05, 0) is 58.4 Å². The second-order valence-corrected chi connectivity index (χ2v) is 5.56. The first-order valence-electron chi connectivity index (χ1n) is 6.02. The van der Waals surface area contributed by atoms with Gasteiger partial charge in [0.05, 0.1) is 6.10 Å². The molecule has 2 aliphatic rings. The van der Waals surface area contributed by atoms with Crippen LogP contribution in [0.15, 0.2) is 0 Å². The van der Waals surface area contributed by atoms with Gasteiger partial charge in [-0.3, -0.25) is 0 Å². The van der Waals surface area contributed by atoms with Crippen LogP contribution in [0.25, 0.3) is 0 Å². The Balaban J connectivity index is 1.75. The Morgan fingerprint density at radius 2 is 2.21 bits per heavy atom. The first-order valence-corrected chi connectivity index (χ1v) is 6.02. The molecule has 0 spiro atoms. The Labute approximate surface area is 87.4 Å². The minimum Gasteiger partial charge on any atom is -0.378 e. The SMILES string of the molecule is CC1(C)CC(CC2CCCCO2)CN1. The predicted molar refractivity (Wildman–Crippen MR) is 58.4 cm³/mol. The van der Waals surface area contributed by atoms with Crippen molar-refractivity contribution in [3.63, 3.8) is 0 Å². The molecule has 0 aromatic carbocycles. The van der Waals surface area contributed by atoms with E-state index in [4.69, 9.17) is 4.74 Å². The molecule has 82 valence electrons. The Morgan fingerprint density at radius 3 is 2.79 bits per heavy atom. The van der Waals surface area contributed by atoms with E-state index < -0.39 is 0 Å². The lowest BCUT2D eigenvalue weighted by atomic mass is 9.91. The molecule has 0 aromatic rings. The molecule has 1 N–H and O–H groups in total. The van der Waals surface area contributed by atoms with Gasteiger partial charge in [-0.15, -0.1) is 0 Å². The van der Waals surface area contributed by atoms with Gasteiger partial charge < -0.3 is 10.1 Å². The highest BCUT2D eigenvalue weighted by Gasteiger charge is 2.32. The first kappa shape index (κ1) is 10.4. The van der Waals surface area contributed by atoms with E-state index in [1.165, 1.54) is 38.6 Å². The molecule has 14 heavy (non-hydrogen) atoms. The summed E-state index contributed by atoms with van der Waals surface area (Å²) in [5.74, 6) is 0.841. The Morgan fingerprint density at radius 1 is 1.36 bits per heavy atom. The number of ether oxygens (including phenoxy) is 1. The molecule has 0 radical (unpaired) electrons. The predicted octanol–water partition coefficient (Wildman–Crippen LogP) is 2.33. The van der Waals surface area contributed by atoms with E-state index in [9.17, 15) is 0 Å². The lowest BCUT2D eigenvalue weighted by molar-refractivity contribution is 0.00258. The molecule has 2 fully saturated rings. The summed E-state index contributed by atoms with van der Waals surface area (Å²) < 4.78 is 5.78. The molecule has 0 amide bonds. The molecule has 2 heteroatoms. The van der Waals surface area contributed by atoms with Gasteiger partial charge in [-0.1, -0.05) is 0 Å². The maximum Gasteiger partial charge on any atom is 0.0578 e. The van der Waals surface area contributed by atoms with Gasteiger partial charge in [-0.25, -0.2) is 0 Å². The Hall–Kier alpha value is -0.0800. The van der Waals surface area contributed by atoms with Crippen LogP contribution in [0.4, 0.5) is 0 Å². The van der Waals surface area contributed by atoms with Crippen LogP contribution in [0.1, 0.15) is 46.0 Å². The molecule has 2 saturated heterocycles. The number of hydrogen-bond donors (Lipinski definition) is 1. The molecule has 2 atom stereocenters. The molecule has 0 bridgehead atoms. The number of hydrogen-bond acceptors (Lipinski definition) is 2. The maximum absolute atomic E-state index is 5.78. The molecule has 2 rings (SSSR count). The summed E-state index contributed by atoms with van der Waals surface area (Å²) in [6.07, 6.45) is 7.07. The normalized spacial score (nSPS) is 37.3. The molecular weight excluding hydrogens is 174 g/mol. The van der Waals surface area contributed by atoms with E-state index >= 15 is 0 Å². The topological polar surface area (TPSA) is 21.3 Å². The van der Waals surface area contributed by atoms with Gasteiger partial charge in [0.15, 0.2) is 0 Å². The van der Waals surface area contributed by atoms with Gasteiger partial charge >= 0.3 is 0 Å². The Bertz CT molecular complexity index is 185. The standard InChI is InChI=1S/C12H23NO/c1-12(2)8-10(9-13-12)7-11-5-3-4-6-14-11/h10-11,13H,3-9H2,1-2H3. The largest absolute Gasteiger partial charge is 0.378 e. The van der Waals surface area contributed by atoms with Gasteiger partial charge in [0.1, 0.15) is 0 Å². The first-order chi connectivity index (χ1) is 6.66. The smallest absolute Gasteiger partial charge is 0.0578 e. The van der Waals surface area contributed by atoms with E-state index in [0.29, 0.717) is 11.6 Å². The third kappa shape index (κ3) is 2.71. The molecule has 0 aromatic heterocycles. The summed E-state index contributed by atoms with van der Waals surface area (Å²) in [7, 11) is 0. The van der Waals surface area contributed by atoms with Crippen molar-refractivity contribution in [3.05, 3.63) is 0 Å². The fourth-order valence-electron chi connectivity index (χ4n) is 2.82. The van der Waals surface area contributed by atoms with Crippen LogP contribution >= 0.6 is 0 Å². The molecule has 0 saturated carbocycles. The second-order valence-electron chi connectivity index (χ2n) is 5.56. The highest BCUT2D eigenvalue weighted by molar-refractivity contribution is 4.90. The minimum atomic E-state index is 0.360. The van der Waals surface area contributed by atoms with Crippen LogP contribution in [-0.2, 0) is 4.74 Å². The van der Waals surface area contributed by atoms with E-state index in [1.54, 1.807) is 0 Å². The highest BCUT2D eigenvalue weighted by Crippen LogP contribution is 2.29. The van der Waals surface area contributed by atoms with Gasteiger partial charge in [0.25, 0.3) is 0 Å². The van der Waals surface area contributed by atoms with Crippen LogP contribution in [0.5, 0.6) is 0 Å². The molecule has 0 aliphatic carbocycles. The van der Waals surface area contributed by atoms with Crippen molar-refractivity contribution in [2.45, 2.75) is 57.6 Å². The van der Waals surface area contributed by atoms with E-state index in [0.717, 1.165) is 12.5 Å². The van der Waals surface area contributed by atoms with Crippen LogP contribution in [0.3, 0.4) is 0 Å². The monoisotopic (exact) mass is 197 g/mol. The van der Waals surface area contributed by atoms with E-state index in [-0.39, 0.29) is 0 Å². The third-order valence-electron chi connectivity index (χ3n) is 3.54. The average Bonchev–Trinajstić information content (AvgIpc) is 2.47. The Kier molecular flexibility index (Phi) is 3.13. The molecule has 2 heterocycles. The zero-order chi connectivity index (χ0) is 10.0. The summed E-state index contributed by atoms with van der Waals surface area (Å²) in [5.41, 5.74) is 0.360. The zero-order valence-corrected chi connectivity index (χ0v) is 9.51. The summed E-state index contributed by atoms with van der Waals surface area (Å²) in [5, 5.41) is 3.58. The molecular formula is C12H23NO. The van der Waals surface area contributed by atoms with Crippen molar-refractivity contribution in [1.82, 2.24) is 5.32 Å². The lowest BCUT2D eigenvalue weighted by Crippen LogP contribution is -2.31. The van der Waals surface area contributed by atoms with Crippen molar-refractivity contribution in [2.24, 2.45) is 5.92 Å². The highest BCUT2D eigenvalue weighted by atomic mass is 16.5. The summed E-state index contributed by atoms with van der Waals surface area (Å²) >= 11 is 0. The van der Waals surface area contributed by atoms with E-state index in [1.807, 2.05) is 0 Å². The van der Waals surface area contributed by atoms with Gasteiger partial charge in [0.2, 0.25) is 0 Å². The van der Waals surface area contributed by atoms with Crippen LogP contribution < -0.4 is 5.32 Å². The third-order valence-corrected chi connectivity index (χ3v) is 3.54. The van der Waals surface area contributed by atoms with E-state index in [2.05, 4.69) is 19.2 Å². The van der Waals surface area contributed by atoms with Gasteiger partial charge in [0, 0.05) is 12.1 Å². The quantitative estimate of drug-likeness (QED) is 0.733. The summed E-state index contributed by atoms with van der Waals surface area (Å²) in [4.78, 5) is 0. The van der Waals surface area contributed by atoms with Crippen molar-refractivity contribution in [2.75, 3.05) is 13.2 Å². The number of nitrogens with one attached hydrogen (secondary N) is 1. The lowest BCUT2D eigenvalue weighted by Gasteiger charge is -2.25. The molecule has 2 unspecified atom stereocenters. The zero-order valence-electron chi connectivity index (χ0n) is 9.51. The average molecular weight is 197 g/mol. The summed E-state index contributed by atoms with van der Waals surface area (Å²) in [6, 6.07) is 0. The fourth-order valence-corrected chi connectivity index (χ4v) is 2.82. The van der Waals surface area contributed by atoms with Crippen LogP contribution in [0, 0.1) is 5.92 Å². The second kappa shape index (κ2) is 4.19. The van der Waals surface area contributed by atoms with Crippen molar-refractivity contribution in [1.29, 1.82) is 0 Å². The minimum absolute atomic E-state index is 0.360. The summed E-state index contributed by atoms with van der Waals surface area (Å²) in [6.45, 7) is 6.78. The van der Waals surface area contributed by atoms with Crippen molar-refractivity contribution >= 4 is 0 Å². The van der Waals surface area contributed by atoms with Crippen molar-refractivity contribution in [3.8, 4) is 0 Å². The fraction of sp³-hybridized carbons (Fsp3) is 1.00.